The van der Waals surface area contributed by atoms with Crippen LogP contribution in [0.4, 0.5) is 5.69 Å². The molecule has 1 aromatic rings. The van der Waals surface area contributed by atoms with Gasteiger partial charge in [-0.2, -0.15) is 0 Å². The highest BCUT2D eigenvalue weighted by molar-refractivity contribution is 5.94. The van der Waals surface area contributed by atoms with E-state index in [1.54, 1.807) is 31.3 Å². The van der Waals surface area contributed by atoms with Crippen molar-refractivity contribution in [3.05, 3.63) is 18.3 Å². The highest BCUT2D eigenvalue weighted by atomic mass is 16.5. The third-order valence-electron chi connectivity index (χ3n) is 3.81. The first-order valence-corrected chi connectivity index (χ1v) is 7.06. The summed E-state index contributed by atoms with van der Waals surface area (Å²) in [5, 5.41) is 0. The predicted octanol–water partition coefficient (Wildman–Crippen LogP) is 2.26. The fourth-order valence-electron chi connectivity index (χ4n) is 2.59. The number of aromatic nitrogens is 1. The molecule has 2 atom stereocenters. The summed E-state index contributed by atoms with van der Waals surface area (Å²) in [6.07, 6.45) is 4.39. The maximum absolute atomic E-state index is 12.6. The molecule has 1 amide bonds. The Hall–Kier alpha value is -1.62. The number of ether oxygens (including phenoxy) is 2. The minimum absolute atomic E-state index is 0.0323. The zero-order valence-corrected chi connectivity index (χ0v) is 12.3. The Balaban J connectivity index is 2.10. The van der Waals surface area contributed by atoms with Gasteiger partial charge in [0.1, 0.15) is 0 Å². The van der Waals surface area contributed by atoms with Gasteiger partial charge in [0.25, 0.3) is 0 Å². The van der Waals surface area contributed by atoms with E-state index in [1.807, 2.05) is 6.07 Å². The first-order chi connectivity index (χ1) is 9.67. The van der Waals surface area contributed by atoms with Crippen molar-refractivity contribution in [3.8, 4) is 5.88 Å². The number of carbonyl (C=O) groups is 1. The molecule has 1 aliphatic heterocycles. The fraction of sp³-hybridized carbons (Fsp3) is 0.600. The Bertz CT molecular complexity index is 447. The maximum Gasteiger partial charge on any atom is 0.232 e. The van der Waals surface area contributed by atoms with E-state index in [2.05, 4.69) is 11.9 Å². The lowest BCUT2D eigenvalue weighted by Crippen LogP contribution is -2.42. The van der Waals surface area contributed by atoms with Crippen molar-refractivity contribution in [2.24, 2.45) is 5.92 Å². The molecular formula is C15H22N2O3. The third kappa shape index (κ3) is 3.10. The summed E-state index contributed by atoms with van der Waals surface area (Å²) in [6, 6.07) is 3.60. The molecule has 20 heavy (non-hydrogen) atoms. The molecule has 0 bridgehead atoms. The van der Waals surface area contributed by atoms with Crippen LogP contribution < -0.4 is 9.64 Å². The molecule has 1 saturated heterocycles. The third-order valence-corrected chi connectivity index (χ3v) is 3.81. The van der Waals surface area contributed by atoms with Crippen molar-refractivity contribution < 1.29 is 14.3 Å². The average Bonchev–Trinajstić information content (AvgIpc) is 2.53. The van der Waals surface area contributed by atoms with E-state index >= 15 is 0 Å². The van der Waals surface area contributed by atoms with E-state index in [-0.39, 0.29) is 17.9 Å². The molecule has 1 aliphatic rings. The summed E-state index contributed by atoms with van der Waals surface area (Å²) in [4.78, 5) is 18.4. The van der Waals surface area contributed by atoms with Gasteiger partial charge in [-0.25, -0.2) is 4.98 Å². The monoisotopic (exact) mass is 278 g/mol. The van der Waals surface area contributed by atoms with Gasteiger partial charge in [-0.1, -0.05) is 6.92 Å². The number of rotatable bonds is 4. The summed E-state index contributed by atoms with van der Waals surface area (Å²) in [5.41, 5.74) is 0.774. The van der Waals surface area contributed by atoms with Gasteiger partial charge in [0, 0.05) is 19.7 Å². The quantitative estimate of drug-likeness (QED) is 0.847. The highest BCUT2D eigenvalue weighted by Gasteiger charge is 2.32. The Kier molecular flexibility index (Phi) is 4.95. The molecule has 2 unspecified atom stereocenters. The van der Waals surface area contributed by atoms with Gasteiger partial charge in [0.05, 0.1) is 31.0 Å². The standard InChI is InChI=1S/C15H22N2O3/c1-4-13-12(6-5-9-20-13)15(18)17(2)11-7-8-14(19-3)16-10-11/h7-8,10,12-13H,4-6,9H2,1-3H3. The average molecular weight is 278 g/mol. The molecule has 2 rings (SSSR count). The van der Waals surface area contributed by atoms with Crippen LogP contribution in [-0.2, 0) is 9.53 Å². The lowest BCUT2D eigenvalue weighted by atomic mass is 9.91. The smallest absolute Gasteiger partial charge is 0.232 e. The maximum atomic E-state index is 12.6. The Labute approximate surface area is 119 Å². The topological polar surface area (TPSA) is 51.7 Å². The van der Waals surface area contributed by atoms with E-state index in [9.17, 15) is 4.79 Å². The molecular weight excluding hydrogens is 256 g/mol. The van der Waals surface area contributed by atoms with Crippen molar-refractivity contribution in [1.29, 1.82) is 0 Å². The minimum Gasteiger partial charge on any atom is -0.481 e. The molecule has 0 radical (unpaired) electrons. The zero-order valence-electron chi connectivity index (χ0n) is 12.3. The molecule has 1 aromatic heterocycles. The number of anilines is 1. The molecule has 1 fully saturated rings. The van der Waals surface area contributed by atoms with Crippen LogP contribution in [0.15, 0.2) is 18.3 Å². The number of carbonyl (C=O) groups excluding carboxylic acids is 1. The van der Waals surface area contributed by atoms with Crippen molar-refractivity contribution in [3.63, 3.8) is 0 Å². The molecule has 2 heterocycles. The number of pyridine rings is 1. The summed E-state index contributed by atoms with van der Waals surface area (Å²) in [6.45, 7) is 2.82. The summed E-state index contributed by atoms with van der Waals surface area (Å²) in [5.74, 6) is 0.589. The molecule has 0 aliphatic carbocycles. The van der Waals surface area contributed by atoms with Crippen LogP contribution in [0.3, 0.4) is 0 Å². The van der Waals surface area contributed by atoms with E-state index < -0.39 is 0 Å². The van der Waals surface area contributed by atoms with Gasteiger partial charge < -0.3 is 14.4 Å². The normalized spacial score (nSPS) is 22.4. The minimum atomic E-state index is -0.0548. The number of hydrogen-bond acceptors (Lipinski definition) is 4. The second-order valence-electron chi connectivity index (χ2n) is 5.02. The number of amides is 1. The van der Waals surface area contributed by atoms with Gasteiger partial charge in [-0.05, 0) is 25.3 Å². The highest BCUT2D eigenvalue weighted by Crippen LogP contribution is 2.27. The van der Waals surface area contributed by atoms with Gasteiger partial charge in [0.15, 0.2) is 0 Å². The SMILES string of the molecule is CCC1OCCCC1C(=O)N(C)c1ccc(OC)nc1. The van der Waals surface area contributed by atoms with Crippen LogP contribution in [0.1, 0.15) is 26.2 Å². The van der Waals surface area contributed by atoms with Crippen LogP contribution in [0.2, 0.25) is 0 Å². The van der Waals surface area contributed by atoms with Crippen LogP contribution in [0.5, 0.6) is 5.88 Å². The molecule has 0 aromatic carbocycles. The number of nitrogens with zero attached hydrogens (tertiary/aromatic N) is 2. The van der Waals surface area contributed by atoms with Crippen LogP contribution in [0.25, 0.3) is 0 Å². The van der Waals surface area contributed by atoms with E-state index in [0.29, 0.717) is 5.88 Å². The van der Waals surface area contributed by atoms with Crippen molar-refractivity contribution in [2.75, 3.05) is 25.7 Å². The largest absolute Gasteiger partial charge is 0.481 e. The first kappa shape index (κ1) is 14.8. The Morgan fingerprint density at radius 3 is 2.95 bits per heavy atom. The second-order valence-corrected chi connectivity index (χ2v) is 5.02. The van der Waals surface area contributed by atoms with Gasteiger partial charge >= 0.3 is 0 Å². The number of hydrogen-bond donors (Lipinski definition) is 0. The first-order valence-electron chi connectivity index (χ1n) is 7.06. The van der Waals surface area contributed by atoms with Gasteiger partial charge in [-0.3, -0.25) is 4.79 Å². The summed E-state index contributed by atoms with van der Waals surface area (Å²) < 4.78 is 10.7. The van der Waals surface area contributed by atoms with Crippen LogP contribution in [-0.4, -0.2) is 37.8 Å². The van der Waals surface area contributed by atoms with Crippen molar-refractivity contribution >= 4 is 11.6 Å². The molecule has 0 spiro atoms. The number of methoxy groups -OCH3 is 1. The van der Waals surface area contributed by atoms with Crippen LogP contribution in [0, 0.1) is 5.92 Å². The molecule has 5 heteroatoms. The van der Waals surface area contributed by atoms with E-state index in [1.165, 1.54) is 0 Å². The second kappa shape index (κ2) is 6.70. The molecule has 5 nitrogen and oxygen atoms in total. The fourth-order valence-corrected chi connectivity index (χ4v) is 2.59. The lowest BCUT2D eigenvalue weighted by molar-refractivity contribution is -0.131. The molecule has 110 valence electrons. The summed E-state index contributed by atoms with van der Waals surface area (Å²) in [7, 11) is 3.36. The van der Waals surface area contributed by atoms with E-state index in [4.69, 9.17) is 9.47 Å². The Morgan fingerprint density at radius 2 is 2.35 bits per heavy atom. The summed E-state index contributed by atoms with van der Waals surface area (Å²) >= 11 is 0. The molecule has 0 saturated carbocycles. The Morgan fingerprint density at radius 1 is 1.55 bits per heavy atom. The van der Waals surface area contributed by atoms with Gasteiger partial charge in [-0.15, -0.1) is 0 Å². The predicted molar refractivity (Wildman–Crippen MR) is 77.0 cm³/mol. The zero-order chi connectivity index (χ0) is 14.5. The van der Waals surface area contributed by atoms with E-state index in [0.717, 1.165) is 31.6 Å². The molecule has 0 N–H and O–H groups in total. The van der Waals surface area contributed by atoms with Gasteiger partial charge in [0.2, 0.25) is 11.8 Å². The van der Waals surface area contributed by atoms with Crippen molar-refractivity contribution in [2.45, 2.75) is 32.3 Å². The lowest BCUT2D eigenvalue weighted by Gasteiger charge is -2.32. The van der Waals surface area contributed by atoms with Crippen molar-refractivity contribution in [1.82, 2.24) is 4.98 Å². The van der Waals surface area contributed by atoms with Crippen LogP contribution >= 0.6 is 0 Å².